The second kappa shape index (κ2) is 9.03. The molecule has 1 aliphatic heterocycles. The predicted octanol–water partition coefficient (Wildman–Crippen LogP) is 2.70. The second-order valence-corrected chi connectivity index (χ2v) is 8.93. The fraction of sp³-hybridized carbons (Fsp3) is 0.542. The van der Waals surface area contributed by atoms with E-state index in [1.54, 1.807) is 25.0 Å². The first-order valence-corrected chi connectivity index (χ1v) is 11.1. The molecule has 4 rings (SSSR count). The number of rotatable bonds is 5. The van der Waals surface area contributed by atoms with E-state index < -0.39 is 6.04 Å². The number of hydrogen-bond acceptors (Lipinski definition) is 5. The van der Waals surface area contributed by atoms with E-state index in [4.69, 9.17) is 9.47 Å². The zero-order valence-electron chi connectivity index (χ0n) is 19.3. The summed E-state index contributed by atoms with van der Waals surface area (Å²) in [5, 5.41) is 10.6. The SMILES string of the molecule is COC1CC[C@@H]([C@@H]2c3c(C)nn(C)c3NC(=O)[C@H]2NC(=O)c2cccc(C)c2)CC1OC. The van der Waals surface area contributed by atoms with Gasteiger partial charge in [0.1, 0.15) is 11.9 Å². The average molecular weight is 441 g/mol. The van der Waals surface area contributed by atoms with E-state index in [-0.39, 0.29) is 35.9 Å². The van der Waals surface area contributed by atoms with E-state index in [0.29, 0.717) is 11.4 Å². The number of hydrogen-bond donors (Lipinski definition) is 2. The van der Waals surface area contributed by atoms with Gasteiger partial charge in [-0.2, -0.15) is 5.10 Å². The van der Waals surface area contributed by atoms with Gasteiger partial charge in [-0.3, -0.25) is 14.3 Å². The molecular formula is C24H32N4O4. The van der Waals surface area contributed by atoms with Crippen LogP contribution >= 0.6 is 0 Å². The van der Waals surface area contributed by atoms with Crippen molar-refractivity contribution in [3.05, 3.63) is 46.6 Å². The van der Waals surface area contributed by atoms with Crippen LogP contribution in [0.4, 0.5) is 5.82 Å². The molecular weight excluding hydrogens is 408 g/mol. The Hall–Kier alpha value is -2.71. The highest BCUT2D eigenvalue weighted by molar-refractivity contribution is 6.03. The Morgan fingerprint density at radius 3 is 2.62 bits per heavy atom. The minimum absolute atomic E-state index is 0.0310. The van der Waals surface area contributed by atoms with Crippen LogP contribution in [0.1, 0.15) is 52.4 Å². The third-order valence-electron chi connectivity index (χ3n) is 6.94. The van der Waals surface area contributed by atoms with E-state index in [1.165, 1.54) is 0 Å². The lowest BCUT2D eigenvalue weighted by Crippen LogP contribution is -2.53. The lowest BCUT2D eigenvalue weighted by atomic mass is 9.70. The summed E-state index contributed by atoms with van der Waals surface area (Å²) in [7, 11) is 5.23. The molecule has 2 N–H and O–H groups in total. The van der Waals surface area contributed by atoms with Crippen molar-refractivity contribution in [2.24, 2.45) is 13.0 Å². The van der Waals surface area contributed by atoms with E-state index in [2.05, 4.69) is 15.7 Å². The number of fused-ring (bicyclic) bond motifs is 1. The zero-order valence-corrected chi connectivity index (χ0v) is 19.3. The highest BCUT2D eigenvalue weighted by Gasteiger charge is 2.46. The lowest BCUT2D eigenvalue weighted by molar-refractivity contribution is -0.120. The lowest BCUT2D eigenvalue weighted by Gasteiger charge is -2.42. The number of methoxy groups -OCH3 is 2. The summed E-state index contributed by atoms with van der Waals surface area (Å²) < 4.78 is 13.1. The van der Waals surface area contributed by atoms with Gasteiger partial charge in [-0.15, -0.1) is 0 Å². The highest BCUT2D eigenvalue weighted by Crippen LogP contribution is 2.45. The molecule has 8 nitrogen and oxygen atoms in total. The molecule has 0 spiro atoms. The fourth-order valence-corrected chi connectivity index (χ4v) is 5.40. The molecule has 0 saturated heterocycles. The van der Waals surface area contributed by atoms with Gasteiger partial charge in [-0.1, -0.05) is 17.7 Å². The van der Waals surface area contributed by atoms with Crippen LogP contribution in [0, 0.1) is 19.8 Å². The molecule has 1 fully saturated rings. The molecule has 1 saturated carbocycles. The Labute approximate surface area is 188 Å². The van der Waals surface area contributed by atoms with E-state index in [0.717, 1.165) is 36.1 Å². The fourth-order valence-electron chi connectivity index (χ4n) is 5.40. The third kappa shape index (κ3) is 4.04. The van der Waals surface area contributed by atoms with E-state index in [1.807, 2.05) is 39.1 Å². The number of amides is 2. The largest absolute Gasteiger partial charge is 0.379 e. The smallest absolute Gasteiger partial charge is 0.251 e. The van der Waals surface area contributed by atoms with Crippen LogP contribution in [-0.2, 0) is 21.3 Å². The number of nitrogens with one attached hydrogen (secondary N) is 2. The maximum absolute atomic E-state index is 13.3. The molecule has 0 radical (unpaired) electrons. The molecule has 8 heteroatoms. The first kappa shape index (κ1) is 22.5. The van der Waals surface area contributed by atoms with Gasteiger partial charge in [0.2, 0.25) is 5.91 Å². The van der Waals surface area contributed by atoms with Crippen LogP contribution in [0.5, 0.6) is 0 Å². The van der Waals surface area contributed by atoms with Crippen LogP contribution in [0.2, 0.25) is 0 Å². The number of aromatic nitrogens is 2. The topological polar surface area (TPSA) is 94.5 Å². The van der Waals surface area contributed by atoms with Gasteiger partial charge in [-0.25, -0.2) is 0 Å². The Balaban J connectivity index is 1.70. The molecule has 2 aromatic rings. The van der Waals surface area contributed by atoms with Crippen molar-refractivity contribution in [3.63, 3.8) is 0 Å². The van der Waals surface area contributed by atoms with Gasteiger partial charge in [-0.05, 0) is 51.2 Å². The molecule has 1 aliphatic carbocycles. The minimum atomic E-state index is -0.694. The summed E-state index contributed by atoms with van der Waals surface area (Å²) in [5.74, 6) is 0.187. The molecule has 2 aliphatic rings. The Bertz CT molecular complexity index is 1020. The van der Waals surface area contributed by atoms with Crippen molar-refractivity contribution in [2.45, 2.75) is 57.3 Å². The van der Waals surface area contributed by atoms with E-state index >= 15 is 0 Å². The van der Waals surface area contributed by atoms with E-state index in [9.17, 15) is 9.59 Å². The molecule has 32 heavy (non-hydrogen) atoms. The number of aryl methyl sites for hydroxylation is 3. The average Bonchev–Trinajstić information content (AvgIpc) is 3.06. The summed E-state index contributed by atoms with van der Waals surface area (Å²) in [4.78, 5) is 26.4. The zero-order chi connectivity index (χ0) is 23.0. The van der Waals surface area contributed by atoms with Crippen LogP contribution in [0.15, 0.2) is 24.3 Å². The molecule has 1 aromatic heterocycles. The van der Waals surface area contributed by atoms with Crippen LogP contribution < -0.4 is 10.6 Å². The van der Waals surface area contributed by atoms with Crippen LogP contribution in [0.25, 0.3) is 0 Å². The van der Waals surface area contributed by atoms with Crippen LogP contribution in [-0.4, -0.2) is 54.1 Å². The second-order valence-electron chi connectivity index (χ2n) is 8.93. The van der Waals surface area contributed by atoms with Gasteiger partial charge in [0.05, 0.1) is 17.9 Å². The molecule has 1 aromatic carbocycles. The minimum Gasteiger partial charge on any atom is -0.379 e. The summed E-state index contributed by atoms with van der Waals surface area (Å²) >= 11 is 0. The molecule has 0 bridgehead atoms. The summed E-state index contributed by atoms with van der Waals surface area (Å²) in [6.45, 7) is 3.90. The number of carbonyl (C=O) groups is 2. The van der Waals surface area contributed by atoms with Crippen molar-refractivity contribution in [2.75, 3.05) is 19.5 Å². The maximum Gasteiger partial charge on any atom is 0.251 e. The molecule has 5 atom stereocenters. The monoisotopic (exact) mass is 440 g/mol. The number of benzene rings is 1. The molecule has 172 valence electrons. The first-order valence-electron chi connectivity index (χ1n) is 11.1. The molecule has 2 heterocycles. The van der Waals surface area contributed by atoms with Crippen molar-refractivity contribution in [1.82, 2.24) is 15.1 Å². The van der Waals surface area contributed by atoms with Crippen molar-refractivity contribution < 1.29 is 19.1 Å². The van der Waals surface area contributed by atoms with Gasteiger partial charge in [0.15, 0.2) is 0 Å². The highest BCUT2D eigenvalue weighted by atomic mass is 16.5. The first-order chi connectivity index (χ1) is 15.3. The standard InChI is InChI=1S/C24H32N4O4/c1-13-7-6-8-16(11-13)23(29)25-21-20(15-9-10-17(31-4)18(12-15)32-5)19-14(2)27-28(3)22(19)26-24(21)30/h6-8,11,15,17-18,20-21H,9-10,12H2,1-5H3,(H,25,29)(H,26,30)/t15-,17?,18?,20-,21+/m1/s1. The van der Waals surface area contributed by atoms with Gasteiger partial charge >= 0.3 is 0 Å². The number of nitrogens with zero attached hydrogens (tertiary/aromatic N) is 2. The predicted molar refractivity (Wildman–Crippen MR) is 121 cm³/mol. The van der Waals surface area contributed by atoms with Crippen LogP contribution in [0.3, 0.4) is 0 Å². The normalized spacial score (nSPS) is 27.5. The third-order valence-corrected chi connectivity index (χ3v) is 6.94. The van der Waals surface area contributed by atoms with Crippen molar-refractivity contribution in [1.29, 1.82) is 0 Å². The summed E-state index contributed by atoms with van der Waals surface area (Å²) in [6.07, 6.45) is 2.43. The van der Waals surface area contributed by atoms with Crippen molar-refractivity contribution >= 4 is 17.6 Å². The van der Waals surface area contributed by atoms with Gasteiger partial charge < -0.3 is 20.1 Å². The Morgan fingerprint density at radius 2 is 1.94 bits per heavy atom. The Kier molecular flexibility index (Phi) is 6.35. The number of anilines is 1. The quantitative estimate of drug-likeness (QED) is 0.746. The molecule has 2 unspecified atom stereocenters. The summed E-state index contributed by atoms with van der Waals surface area (Å²) in [5.41, 5.74) is 3.40. The summed E-state index contributed by atoms with van der Waals surface area (Å²) in [6, 6.07) is 6.69. The van der Waals surface area contributed by atoms with Gasteiger partial charge in [0.25, 0.3) is 5.91 Å². The van der Waals surface area contributed by atoms with Crippen molar-refractivity contribution in [3.8, 4) is 0 Å². The number of carbonyl (C=O) groups excluding carboxylic acids is 2. The number of ether oxygens (including phenoxy) is 2. The van der Waals surface area contributed by atoms with Gasteiger partial charge in [0, 0.05) is 38.3 Å². The Morgan fingerprint density at radius 1 is 1.19 bits per heavy atom. The molecule has 2 amide bonds. The maximum atomic E-state index is 13.3.